The Balaban J connectivity index is 1.65. The fourth-order valence-corrected chi connectivity index (χ4v) is 4.78. The summed E-state index contributed by atoms with van der Waals surface area (Å²) < 4.78 is 15.3. The SMILES string of the molecule is CC1(C)OB(c2ccccc2-n2c3ccccc3c3cc4ccccc4cc32)OC1(C)C. The van der Waals surface area contributed by atoms with E-state index >= 15 is 0 Å². The summed E-state index contributed by atoms with van der Waals surface area (Å²) in [6, 6.07) is 30.2. The maximum absolute atomic E-state index is 6.45. The van der Waals surface area contributed by atoms with Crippen molar-refractivity contribution >= 4 is 45.2 Å². The summed E-state index contributed by atoms with van der Waals surface area (Å²) >= 11 is 0. The van der Waals surface area contributed by atoms with Crippen LogP contribution >= 0.6 is 0 Å². The molecule has 0 aliphatic carbocycles. The molecule has 3 nitrogen and oxygen atoms in total. The van der Waals surface area contributed by atoms with Gasteiger partial charge in [-0.25, -0.2) is 0 Å². The lowest BCUT2D eigenvalue weighted by atomic mass is 9.77. The number of fused-ring (bicyclic) bond motifs is 4. The number of hydrogen-bond acceptors (Lipinski definition) is 2. The quantitative estimate of drug-likeness (QED) is 0.317. The Hall–Kier alpha value is -3.08. The molecule has 1 aliphatic rings. The zero-order valence-corrected chi connectivity index (χ0v) is 18.9. The first-order valence-electron chi connectivity index (χ1n) is 11.2. The van der Waals surface area contributed by atoms with Crippen molar-refractivity contribution in [1.29, 1.82) is 0 Å². The molecule has 6 rings (SSSR count). The van der Waals surface area contributed by atoms with Gasteiger partial charge in [0.1, 0.15) is 0 Å². The lowest BCUT2D eigenvalue weighted by molar-refractivity contribution is 0.00578. The Bertz CT molecular complexity index is 1480. The van der Waals surface area contributed by atoms with Crippen LogP contribution in [0, 0.1) is 0 Å². The predicted molar refractivity (Wildman–Crippen MR) is 134 cm³/mol. The van der Waals surface area contributed by atoms with Crippen LogP contribution in [0.4, 0.5) is 0 Å². The molecule has 0 saturated carbocycles. The molecule has 158 valence electrons. The lowest BCUT2D eigenvalue weighted by Gasteiger charge is -2.32. The topological polar surface area (TPSA) is 23.4 Å². The Morgan fingerprint density at radius 3 is 1.97 bits per heavy atom. The van der Waals surface area contributed by atoms with Crippen molar-refractivity contribution in [2.24, 2.45) is 0 Å². The number of para-hydroxylation sites is 2. The summed E-state index contributed by atoms with van der Waals surface area (Å²) in [7, 11) is -0.423. The van der Waals surface area contributed by atoms with Gasteiger partial charge in [0.15, 0.2) is 0 Å². The number of rotatable bonds is 2. The van der Waals surface area contributed by atoms with E-state index in [0.29, 0.717) is 0 Å². The average Bonchev–Trinajstić information content (AvgIpc) is 3.21. The largest absolute Gasteiger partial charge is 0.496 e. The van der Waals surface area contributed by atoms with Crippen molar-refractivity contribution in [3.05, 3.63) is 84.9 Å². The van der Waals surface area contributed by atoms with E-state index in [9.17, 15) is 0 Å². The van der Waals surface area contributed by atoms with Gasteiger partial charge in [0.05, 0.1) is 22.2 Å². The van der Waals surface area contributed by atoms with Crippen LogP contribution in [0.1, 0.15) is 27.7 Å². The van der Waals surface area contributed by atoms with E-state index in [1.165, 1.54) is 32.6 Å². The highest BCUT2D eigenvalue weighted by molar-refractivity contribution is 6.63. The van der Waals surface area contributed by atoms with Crippen LogP contribution in [-0.4, -0.2) is 22.9 Å². The van der Waals surface area contributed by atoms with E-state index in [-0.39, 0.29) is 11.2 Å². The Morgan fingerprint density at radius 1 is 0.625 bits per heavy atom. The Kier molecular flexibility index (Phi) is 4.11. The first-order valence-corrected chi connectivity index (χ1v) is 11.2. The van der Waals surface area contributed by atoms with E-state index in [1.54, 1.807) is 0 Å². The van der Waals surface area contributed by atoms with Gasteiger partial charge in [0.2, 0.25) is 0 Å². The monoisotopic (exact) mass is 419 g/mol. The zero-order chi connectivity index (χ0) is 22.1. The molecular weight excluding hydrogens is 393 g/mol. The molecule has 1 aliphatic heterocycles. The number of benzene rings is 4. The van der Waals surface area contributed by atoms with Gasteiger partial charge in [-0.3, -0.25) is 0 Å². The molecule has 32 heavy (non-hydrogen) atoms. The third-order valence-corrected chi connectivity index (χ3v) is 7.22. The van der Waals surface area contributed by atoms with Crippen molar-refractivity contribution in [1.82, 2.24) is 4.57 Å². The second-order valence-corrected chi connectivity index (χ2v) is 9.72. The Morgan fingerprint density at radius 2 is 1.22 bits per heavy atom. The van der Waals surface area contributed by atoms with E-state index in [4.69, 9.17) is 9.31 Å². The van der Waals surface area contributed by atoms with E-state index in [2.05, 4.69) is 117 Å². The summed E-state index contributed by atoms with van der Waals surface area (Å²) in [5.41, 5.74) is 3.73. The van der Waals surface area contributed by atoms with Gasteiger partial charge in [0, 0.05) is 21.9 Å². The average molecular weight is 419 g/mol. The first-order chi connectivity index (χ1) is 15.4. The van der Waals surface area contributed by atoms with E-state index in [0.717, 1.165) is 11.2 Å². The van der Waals surface area contributed by atoms with Crippen LogP contribution in [0.25, 0.3) is 38.3 Å². The Labute approximate surface area is 188 Å². The maximum atomic E-state index is 6.45. The molecule has 4 aromatic carbocycles. The molecule has 1 aromatic heterocycles. The molecule has 1 saturated heterocycles. The standard InChI is InChI=1S/C28H26BNO2/c1-27(2)28(3,4)32-29(31-27)23-14-8-10-16-25(23)30-24-15-9-7-13-21(24)22-17-19-11-5-6-12-20(19)18-26(22)30/h5-18H,1-4H3. The lowest BCUT2D eigenvalue weighted by Crippen LogP contribution is -2.41. The summed E-state index contributed by atoms with van der Waals surface area (Å²) in [6.07, 6.45) is 0. The van der Waals surface area contributed by atoms with Crippen LogP contribution < -0.4 is 5.46 Å². The minimum absolute atomic E-state index is 0.387. The van der Waals surface area contributed by atoms with Gasteiger partial charge in [-0.15, -0.1) is 0 Å². The van der Waals surface area contributed by atoms with Crippen molar-refractivity contribution in [3.63, 3.8) is 0 Å². The molecule has 0 atom stereocenters. The molecule has 2 heterocycles. The maximum Gasteiger partial charge on any atom is 0.496 e. The van der Waals surface area contributed by atoms with Crippen LogP contribution in [-0.2, 0) is 9.31 Å². The van der Waals surface area contributed by atoms with Crippen molar-refractivity contribution in [2.75, 3.05) is 0 Å². The van der Waals surface area contributed by atoms with Gasteiger partial charge < -0.3 is 13.9 Å². The molecule has 0 N–H and O–H groups in total. The van der Waals surface area contributed by atoms with Crippen molar-refractivity contribution < 1.29 is 9.31 Å². The first kappa shape index (κ1) is 19.6. The molecule has 0 radical (unpaired) electrons. The molecular formula is C28H26BNO2. The van der Waals surface area contributed by atoms with Crippen LogP contribution in [0.3, 0.4) is 0 Å². The van der Waals surface area contributed by atoms with Crippen LogP contribution in [0.2, 0.25) is 0 Å². The number of aromatic nitrogens is 1. The zero-order valence-electron chi connectivity index (χ0n) is 18.9. The number of nitrogens with zero attached hydrogens (tertiary/aromatic N) is 1. The molecule has 0 unspecified atom stereocenters. The van der Waals surface area contributed by atoms with Crippen molar-refractivity contribution in [2.45, 2.75) is 38.9 Å². The van der Waals surface area contributed by atoms with E-state index in [1.807, 2.05) is 0 Å². The summed E-state index contributed by atoms with van der Waals surface area (Å²) in [5.74, 6) is 0. The molecule has 0 amide bonds. The molecule has 0 bridgehead atoms. The van der Waals surface area contributed by atoms with E-state index < -0.39 is 7.12 Å². The summed E-state index contributed by atoms with van der Waals surface area (Å²) in [4.78, 5) is 0. The third-order valence-electron chi connectivity index (χ3n) is 7.22. The smallest absolute Gasteiger partial charge is 0.399 e. The van der Waals surface area contributed by atoms with Gasteiger partial charge in [0.25, 0.3) is 0 Å². The predicted octanol–water partition coefficient (Wildman–Crippen LogP) is 6.24. The second-order valence-electron chi connectivity index (χ2n) is 9.72. The minimum atomic E-state index is -0.423. The summed E-state index contributed by atoms with van der Waals surface area (Å²) in [6.45, 7) is 8.40. The molecule has 1 fully saturated rings. The highest BCUT2D eigenvalue weighted by atomic mass is 16.7. The second kappa shape index (κ2) is 6.71. The molecule has 0 spiro atoms. The van der Waals surface area contributed by atoms with Gasteiger partial charge in [-0.1, -0.05) is 60.7 Å². The third kappa shape index (κ3) is 2.76. The van der Waals surface area contributed by atoms with Crippen molar-refractivity contribution in [3.8, 4) is 5.69 Å². The van der Waals surface area contributed by atoms with Crippen LogP contribution in [0.15, 0.2) is 84.9 Å². The molecule has 4 heteroatoms. The fourth-order valence-electron chi connectivity index (χ4n) is 4.78. The fraction of sp³-hybridized carbons (Fsp3) is 0.214. The van der Waals surface area contributed by atoms with Gasteiger partial charge in [-0.2, -0.15) is 0 Å². The van der Waals surface area contributed by atoms with Gasteiger partial charge in [-0.05, 0) is 62.7 Å². The highest BCUT2D eigenvalue weighted by Gasteiger charge is 2.52. The molecule has 5 aromatic rings. The summed E-state index contributed by atoms with van der Waals surface area (Å²) in [5, 5.41) is 4.99. The minimum Gasteiger partial charge on any atom is -0.399 e. The normalized spacial score (nSPS) is 17.6. The van der Waals surface area contributed by atoms with Crippen LogP contribution in [0.5, 0.6) is 0 Å². The highest BCUT2D eigenvalue weighted by Crippen LogP contribution is 2.38. The van der Waals surface area contributed by atoms with Gasteiger partial charge >= 0.3 is 7.12 Å². The number of hydrogen-bond donors (Lipinski definition) is 0.